The van der Waals surface area contributed by atoms with E-state index in [1.54, 1.807) is 19.2 Å². The van der Waals surface area contributed by atoms with E-state index in [1.807, 2.05) is 12.3 Å². The third-order valence-corrected chi connectivity index (χ3v) is 6.13. The fraction of sp³-hybridized carbons (Fsp3) is 0.350. The second-order valence-corrected chi connectivity index (χ2v) is 8.19. The first-order valence-corrected chi connectivity index (χ1v) is 10.9. The first kappa shape index (κ1) is 20.5. The van der Waals surface area contributed by atoms with Crippen molar-refractivity contribution < 1.29 is 13.9 Å². The van der Waals surface area contributed by atoms with Crippen LogP contribution >= 0.6 is 23.1 Å². The van der Waals surface area contributed by atoms with Gasteiger partial charge in [-0.05, 0) is 24.1 Å². The maximum Gasteiger partial charge on any atom is 0.306 e. The Morgan fingerprint density at radius 3 is 2.79 bits per heavy atom. The van der Waals surface area contributed by atoms with Gasteiger partial charge in [-0.25, -0.2) is 9.37 Å². The van der Waals surface area contributed by atoms with Crippen molar-refractivity contribution >= 4 is 39.3 Å². The fourth-order valence-electron chi connectivity index (χ4n) is 2.65. The zero-order valence-corrected chi connectivity index (χ0v) is 17.4. The van der Waals surface area contributed by atoms with Crippen molar-refractivity contribution in [2.24, 2.45) is 7.05 Å². The Morgan fingerprint density at radius 2 is 2.07 bits per heavy atom. The molecule has 0 saturated heterocycles. The zero-order chi connectivity index (χ0) is 20.1. The highest BCUT2D eigenvalue weighted by Gasteiger charge is 2.16. The average Bonchev–Trinajstić information content (AvgIpc) is 3.10. The van der Waals surface area contributed by atoms with Gasteiger partial charge in [0.05, 0.1) is 18.4 Å². The molecular formula is C20H21FN2O3S2. The number of thiophene rings is 1. The Hall–Kier alpha value is -2.19. The quantitative estimate of drug-likeness (QED) is 0.230. The average molecular weight is 421 g/mol. The predicted octanol–water partition coefficient (Wildman–Crippen LogP) is 4.63. The van der Waals surface area contributed by atoms with E-state index in [-0.39, 0.29) is 23.8 Å². The van der Waals surface area contributed by atoms with E-state index in [0.29, 0.717) is 27.7 Å². The molecule has 0 aliphatic carbocycles. The van der Waals surface area contributed by atoms with Crippen LogP contribution in [0.2, 0.25) is 0 Å². The molecule has 148 valence electrons. The number of ether oxygens (including phenoxy) is 1. The summed E-state index contributed by atoms with van der Waals surface area (Å²) < 4.78 is 19.8. The van der Waals surface area contributed by atoms with Gasteiger partial charge >= 0.3 is 5.97 Å². The van der Waals surface area contributed by atoms with Crippen LogP contribution in [0, 0.1) is 5.82 Å². The van der Waals surface area contributed by atoms with Crippen LogP contribution in [0.15, 0.2) is 39.6 Å². The van der Waals surface area contributed by atoms with Gasteiger partial charge in [-0.15, -0.1) is 11.3 Å². The van der Waals surface area contributed by atoms with Crippen molar-refractivity contribution in [2.45, 2.75) is 31.3 Å². The molecule has 2 aromatic heterocycles. The first-order chi connectivity index (χ1) is 13.5. The van der Waals surface area contributed by atoms with Crippen molar-refractivity contribution in [1.29, 1.82) is 0 Å². The van der Waals surface area contributed by atoms with Gasteiger partial charge in [0.25, 0.3) is 5.56 Å². The van der Waals surface area contributed by atoms with Gasteiger partial charge in [0.2, 0.25) is 0 Å². The van der Waals surface area contributed by atoms with Gasteiger partial charge in [-0.1, -0.05) is 37.2 Å². The molecule has 2 heterocycles. The molecule has 0 spiro atoms. The number of benzene rings is 1. The van der Waals surface area contributed by atoms with Crippen molar-refractivity contribution in [3.63, 3.8) is 0 Å². The molecule has 0 amide bonds. The minimum Gasteiger partial charge on any atom is -0.466 e. The van der Waals surface area contributed by atoms with Gasteiger partial charge in [0, 0.05) is 23.7 Å². The lowest BCUT2D eigenvalue weighted by molar-refractivity contribution is -0.143. The Balaban J connectivity index is 1.77. The molecular weight excluding hydrogens is 399 g/mol. The van der Waals surface area contributed by atoms with E-state index < -0.39 is 0 Å². The topological polar surface area (TPSA) is 61.2 Å². The predicted molar refractivity (Wildman–Crippen MR) is 111 cm³/mol. The van der Waals surface area contributed by atoms with Crippen LogP contribution in [-0.4, -0.2) is 27.9 Å². The second-order valence-electron chi connectivity index (χ2n) is 6.27. The lowest BCUT2D eigenvalue weighted by atomic mass is 10.1. The summed E-state index contributed by atoms with van der Waals surface area (Å²) in [6.45, 7) is 2.49. The van der Waals surface area contributed by atoms with Crippen molar-refractivity contribution in [3.8, 4) is 11.1 Å². The highest BCUT2D eigenvalue weighted by molar-refractivity contribution is 7.99. The van der Waals surface area contributed by atoms with Crippen LogP contribution in [0.1, 0.15) is 26.2 Å². The molecule has 0 bridgehead atoms. The number of fused-ring (bicyclic) bond motifs is 1. The number of hydrogen-bond acceptors (Lipinski definition) is 6. The van der Waals surface area contributed by atoms with Crippen molar-refractivity contribution in [2.75, 3.05) is 12.4 Å². The standard InChI is InChI=1S/C20H21FN2O3S2/c1-3-4-10-26-16(24)9-11-27-20-22-18-17(19(25)23(20)2)15(12-28-18)13-5-7-14(21)8-6-13/h5-8,12H,3-4,9-11H2,1-2H3. The van der Waals surface area contributed by atoms with Crippen LogP contribution in [0.4, 0.5) is 4.39 Å². The van der Waals surface area contributed by atoms with Gasteiger partial charge in [0.15, 0.2) is 5.16 Å². The van der Waals surface area contributed by atoms with Crippen molar-refractivity contribution in [1.82, 2.24) is 9.55 Å². The molecule has 0 fully saturated rings. The number of carbonyl (C=O) groups excluding carboxylic acids is 1. The molecule has 0 aliphatic rings. The number of carbonyl (C=O) groups is 1. The lowest BCUT2D eigenvalue weighted by Gasteiger charge is -2.08. The van der Waals surface area contributed by atoms with E-state index in [9.17, 15) is 14.0 Å². The first-order valence-electron chi connectivity index (χ1n) is 9.03. The maximum absolute atomic E-state index is 13.2. The van der Waals surface area contributed by atoms with E-state index in [2.05, 4.69) is 4.98 Å². The minimum absolute atomic E-state index is 0.154. The monoisotopic (exact) mass is 420 g/mol. The summed E-state index contributed by atoms with van der Waals surface area (Å²) >= 11 is 2.74. The Morgan fingerprint density at radius 1 is 1.32 bits per heavy atom. The van der Waals surface area contributed by atoms with Gasteiger partial charge in [-0.2, -0.15) is 0 Å². The number of hydrogen-bond donors (Lipinski definition) is 0. The second kappa shape index (κ2) is 9.34. The molecule has 0 atom stereocenters. The molecule has 0 saturated carbocycles. The minimum atomic E-state index is -0.318. The Labute approximate surface area is 170 Å². The number of esters is 1. The van der Waals surface area contributed by atoms with E-state index >= 15 is 0 Å². The van der Waals surface area contributed by atoms with Gasteiger partial charge in [0.1, 0.15) is 10.6 Å². The molecule has 28 heavy (non-hydrogen) atoms. The van der Waals surface area contributed by atoms with Gasteiger partial charge < -0.3 is 4.74 Å². The largest absolute Gasteiger partial charge is 0.466 e. The Kier molecular flexibility index (Phi) is 6.85. The van der Waals surface area contributed by atoms with Crippen LogP contribution < -0.4 is 5.56 Å². The van der Waals surface area contributed by atoms with Crippen LogP contribution in [0.25, 0.3) is 21.3 Å². The van der Waals surface area contributed by atoms with Crippen LogP contribution in [0.5, 0.6) is 0 Å². The van der Waals surface area contributed by atoms with E-state index in [1.165, 1.54) is 39.8 Å². The molecule has 3 rings (SSSR count). The highest BCUT2D eigenvalue weighted by atomic mass is 32.2. The number of rotatable bonds is 8. The summed E-state index contributed by atoms with van der Waals surface area (Å²) in [7, 11) is 1.67. The summed E-state index contributed by atoms with van der Waals surface area (Å²) in [6, 6.07) is 6.06. The molecule has 0 unspecified atom stereocenters. The summed E-state index contributed by atoms with van der Waals surface area (Å²) in [5, 5.41) is 2.96. The third kappa shape index (κ3) is 4.62. The number of aromatic nitrogens is 2. The molecule has 5 nitrogen and oxygen atoms in total. The molecule has 3 aromatic rings. The summed E-state index contributed by atoms with van der Waals surface area (Å²) in [5.74, 6) is -0.0598. The fourth-order valence-corrected chi connectivity index (χ4v) is 4.53. The third-order valence-electron chi connectivity index (χ3n) is 4.23. The number of halogens is 1. The summed E-state index contributed by atoms with van der Waals surface area (Å²) in [6.07, 6.45) is 2.11. The summed E-state index contributed by atoms with van der Waals surface area (Å²) in [4.78, 5) is 29.8. The maximum atomic E-state index is 13.2. The molecule has 1 aromatic carbocycles. The van der Waals surface area contributed by atoms with E-state index in [0.717, 1.165) is 24.0 Å². The number of unbranched alkanes of at least 4 members (excludes halogenated alkanes) is 1. The van der Waals surface area contributed by atoms with E-state index in [4.69, 9.17) is 4.74 Å². The van der Waals surface area contributed by atoms with Crippen LogP contribution in [0.3, 0.4) is 0 Å². The van der Waals surface area contributed by atoms with Crippen molar-refractivity contribution in [3.05, 3.63) is 45.8 Å². The molecule has 0 aliphatic heterocycles. The van der Waals surface area contributed by atoms with Crippen LogP contribution in [-0.2, 0) is 16.6 Å². The SMILES string of the molecule is CCCCOC(=O)CCSc1nc2scc(-c3ccc(F)cc3)c2c(=O)n1C. The smallest absolute Gasteiger partial charge is 0.306 e. The zero-order valence-electron chi connectivity index (χ0n) is 15.7. The van der Waals surface area contributed by atoms with Gasteiger partial charge in [-0.3, -0.25) is 14.2 Å². The number of nitrogens with zero attached hydrogens (tertiary/aromatic N) is 2. The summed E-state index contributed by atoms with van der Waals surface area (Å²) in [5.41, 5.74) is 1.38. The normalized spacial score (nSPS) is 11.1. The number of thioether (sulfide) groups is 1. The Bertz CT molecular complexity index is 1030. The molecule has 0 N–H and O–H groups in total. The molecule has 8 heteroatoms. The highest BCUT2D eigenvalue weighted by Crippen LogP contribution is 2.32. The molecule has 0 radical (unpaired) electrons. The lowest BCUT2D eigenvalue weighted by Crippen LogP contribution is -2.20.